The average Bonchev–Trinajstić information content (AvgIpc) is 3.31. The predicted octanol–water partition coefficient (Wildman–Crippen LogP) is 1.92. The van der Waals surface area contributed by atoms with Crippen molar-refractivity contribution in [2.45, 2.75) is 45.1 Å². The number of piperidine rings is 1. The third kappa shape index (κ3) is 3.66. The van der Waals surface area contributed by atoms with Gasteiger partial charge in [0.1, 0.15) is 6.04 Å². The van der Waals surface area contributed by atoms with Crippen LogP contribution in [0.15, 0.2) is 24.3 Å². The number of likely N-dealkylation sites (tertiary alicyclic amines) is 2. The van der Waals surface area contributed by atoms with Gasteiger partial charge in [0.2, 0.25) is 11.8 Å². The van der Waals surface area contributed by atoms with E-state index in [2.05, 4.69) is 6.92 Å². The number of nitrogens with zero attached hydrogens (tertiary/aromatic N) is 3. The Balaban J connectivity index is 1.36. The molecule has 0 aliphatic carbocycles. The maximum absolute atomic E-state index is 12.9. The molecule has 0 aromatic heterocycles. The van der Waals surface area contributed by atoms with E-state index in [1.807, 2.05) is 4.90 Å². The van der Waals surface area contributed by atoms with E-state index in [9.17, 15) is 19.2 Å². The summed E-state index contributed by atoms with van der Waals surface area (Å²) in [4.78, 5) is 55.4. The highest BCUT2D eigenvalue weighted by Gasteiger charge is 2.39. The van der Waals surface area contributed by atoms with Crippen LogP contribution in [0.2, 0.25) is 0 Å². The molecule has 2 fully saturated rings. The van der Waals surface area contributed by atoms with E-state index in [1.165, 1.54) is 0 Å². The molecule has 1 aromatic rings. The van der Waals surface area contributed by atoms with Crippen molar-refractivity contribution in [1.82, 2.24) is 14.7 Å². The third-order valence-corrected chi connectivity index (χ3v) is 6.38. The van der Waals surface area contributed by atoms with E-state index < -0.39 is 6.04 Å². The van der Waals surface area contributed by atoms with Crippen molar-refractivity contribution in [3.05, 3.63) is 35.4 Å². The molecular weight excluding hydrogens is 370 g/mol. The molecule has 2 saturated heterocycles. The van der Waals surface area contributed by atoms with Gasteiger partial charge < -0.3 is 9.80 Å². The van der Waals surface area contributed by atoms with E-state index in [0.29, 0.717) is 30.0 Å². The highest BCUT2D eigenvalue weighted by Crippen LogP contribution is 2.25. The van der Waals surface area contributed by atoms with Gasteiger partial charge in [0, 0.05) is 32.6 Å². The first-order valence-corrected chi connectivity index (χ1v) is 10.5. The number of benzene rings is 1. The molecule has 0 radical (unpaired) electrons. The van der Waals surface area contributed by atoms with Crippen LogP contribution in [0.1, 0.15) is 59.7 Å². The second-order valence-electron chi connectivity index (χ2n) is 8.31. The lowest BCUT2D eigenvalue weighted by atomic mass is 9.98. The fourth-order valence-corrected chi connectivity index (χ4v) is 4.55. The van der Waals surface area contributed by atoms with Crippen LogP contribution >= 0.6 is 0 Å². The van der Waals surface area contributed by atoms with Crippen molar-refractivity contribution >= 4 is 23.6 Å². The first kappa shape index (κ1) is 19.6. The van der Waals surface area contributed by atoms with E-state index in [4.69, 9.17) is 0 Å². The summed E-state index contributed by atoms with van der Waals surface area (Å²) in [7, 11) is 0. The van der Waals surface area contributed by atoms with E-state index in [-0.39, 0.29) is 36.6 Å². The molecule has 1 atom stereocenters. The zero-order chi connectivity index (χ0) is 20.5. The smallest absolute Gasteiger partial charge is 0.261 e. The van der Waals surface area contributed by atoms with Crippen LogP contribution in [-0.2, 0) is 9.59 Å². The van der Waals surface area contributed by atoms with E-state index >= 15 is 0 Å². The van der Waals surface area contributed by atoms with Gasteiger partial charge in [-0.2, -0.15) is 0 Å². The Hall–Kier alpha value is -2.70. The Bertz CT molecular complexity index is 809. The van der Waals surface area contributed by atoms with Crippen LogP contribution in [0.5, 0.6) is 0 Å². The molecule has 1 aromatic carbocycles. The SMILES string of the molecule is CC1CCN(C(=O)[C@@H]2CCCN2C(=O)CCN2C(=O)c3ccccc3C2=O)CC1. The third-order valence-electron chi connectivity index (χ3n) is 6.38. The van der Waals surface area contributed by atoms with Gasteiger partial charge in [0.15, 0.2) is 0 Å². The maximum atomic E-state index is 12.9. The van der Waals surface area contributed by atoms with Crippen molar-refractivity contribution in [3.8, 4) is 0 Å². The predicted molar refractivity (Wildman–Crippen MR) is 106 cm³/mol. The summed E-state index contributed by atoms with van der Waals surface area (Å²) in [6.07, 6.45) is 3.55. The summed E-state index contributed by atoms with van der Waals surface area (Å²) < 4.78 is 0. The maximum Gasteiger partial charge on any atom is 0.261 e. The molecule has 7 heteroatoms. The van der Waals surface area contributed by atoms with E-state index in [1.54, 1.807) is 29.2 Å². The zero-order valence-electron chi connectivity index (χ0n) is 16.8. The van der Waals surface area contributed by atoms with Crippen LogP contribution in [0.3, 0.4) is 0 Å². The van der Waals surface area contributed by atoms with Gasteiger partial charge in [-0.15, -0.1) is 0 Å². The monoisotopic (exact) mass is 397 g/mol. The molecule has 3 aliphatic heterocycles. The average molecular weight is 397 g/mol. The largest absolute Gasteiger partial charge is 0.341 e. The highest BCUT2D eigenvalue weighted by atomic mass is 16.2. The van der Waals surface area contributed by atoms with Crippen LogP contribution in [0.4, 0.5) is 0 Å². The van der Waals surface area contributed by atoms with Crippen molar-refractivity contribution in [3.63, 3.8) is 0 Å². The van der Waals surface area contributed by atoms with Gasteiger partial charge in [-0.25, -0.2) is 0 Å². The molecule has 4 rings (SSSR count). The number of hydrogen-bond acceptors (Lipinski definition) is 4. The minimum absolute atomic E-state index is 0.0449. The van der Waals surface area contributed by atoms with Gasteiger partial charge in [0.05, 0.1) is 11.1 Å². The van der Waals surface area contributed by atoms with Gasteiger partial charge in [-0.1, -0.05) is 19.1 Å². The van der Waals surface area contributed by atoms with Crippen LogP contribution in [-0.4, -0.2) is 70.5 Å². The standard InChI is InChI=1S/C22H27N3O4/c1-15-8-12-23(13-9-15)22(29)18-7-4-11-24(18)19(26)10-14-25-20(27)16-5-2-3-6-17(16)21(25)28/h2-3,5-6,15,18H,4,7-14H2,1H3/t18-/m0/s1. The molecule has 3 aliphatic rings. The lowest BCUT2D eigenvalue weighted by molar-refractivity contribution is -0.144. The summed E-state index contributed by atoms with van der Waals surface area (Å²) in [5.41, 5.74) is 0.775. The number of carbonyl (C=O) groups excluding carboxylic acids is 4. The van der Waals surface area contributed by atoms with Crippen LogP contribution < -0.4 is 0 Å². The molecule has 0 spiro atoms. The lowest BCUT2D eigenvalue weighted by Gasteiger charge is -2.34. The quantitative estimate of drug-likeness (QED) is 0.728. The van der Waals surface area contributed by atoms with Crippen LogP contribution in [0, 0.1) is 5.92 Å². The Morgan fingerprint density at radius 2 is 1.59 bits per heavy atom. The van der Waals surface area contributed by atoms with Crippen molar-refractivity contribution in [1.29, 1.82) is 0 Å². The molecule has 0 saturated carbocycles. The van der Waals surface area contributed by atoms with Gasteiger partial charge in [-0.05, 0) is 43.7 Å². The molecular formula is C22H27N3O4. The summed E-state index contributed by atoms with van der Waals surface area (Å²) in [6, 6.07) is 6.30. The zero-order valence-corrected chi connectivity index (χ0v) is 16.8. The fraction of sp³-hybridized carbons (Fsp3) is 0.545. The lowest BCUT2D eigenvalue weighted by Crippen LogP contribution is -2.50. The Morgan fingerprint density at radius 1 is 0.966 bits per heavy atom. The number of imide groups is 1. The van der Waals surface area contributed by atoms with E-state index in [0.717, 1.165) is 37.3 Å². The van der Waals surface area contributed by atoms with Crippen molar-refractivity contribution in [2.24, 2.45) is 5.92 Å². The number of fused-ring (bicyclic) bond motifs is 1. The first-order chi connectivity index (χ1) is 14.0. The fourth-order valence-electron chi connectivity index (χ4n) is 4.55. The normalized spacial score (nSPS) is 22.4. The summed E-state index contributed by atoms with van der Waals surface area (Å²) in [6.45, 7) is 4.32. The number of carbonyl (C=O) groups is 4. The second-order valence-corrected chi connectivity index (χ2v) is 8.31. The molecule has 0 unspecified atom stereocenters. The molecule has 154 valence electrons. The number of amides is 4. The second kappa shape index (κ2) is 7.97. The van der Waals surface area contributed by atoms with Gasteiger partial charge >= 0.3 is 0 Å². The molecule has 0 bridgehead atoms. The van der Waals surface area contributed by atoms with Crippen LogP contribution in [0.25, 0.3) is 0 Å². The number of rotatable bonds is 4. The number of hydrogen-bond donors (Lipinski definition) is 0. The molecule has 7 nitrogen and oxygen atoms in total. The molecule has 4 amide bonds. The Morgan fingerprint density at radius 3 is 2.21 bits per heavy atom. The molecule has 3 heterocycles. The summed E-state index contributed by atoms with van der Waals surface area (Å²) >= 11 is 0. The minimum atomic E-state index is -0.405. The Kier molecular flexibility index (Phi) is 5.39. The molecule has 29 heavy (non-hydrogen) atoms. The minimum Gasteiger partial charge on any atom is -0.341 e. The Labute approximate surface area is 170 Å². The first-order valence-electron chi connectivity index (χ1n) is 10.5. The highest BCUT2D eigenvalue weighted by molar-refractivity contribution is 6.21. The summed E-state index contributed by atoms with van der Waals surface area (Å²) in [5, 5.41) is 0. The summed E-state index contributed by atoms with van der Waals surface area (Å²) in [5.74, 6) is -0.184. The molecule has 0 N–H and O–H groups in total. The van der Waals surface area contributed by atoms with Crippen molar-refractivity contribution in [2.75, 3.05) is 26.2 Å². The van der Waals surface area contributed by atoms with Gasteiger partial charge in [-0.3, -0.25) is 24.1 Å². The van der Waals surface area contributed by atoms with Gasteiger partial charge in [0.25, 0.3) is 11.8 Å². The van der Waals surface area contributed by atoms with Crippen molar-refractivity contribution < 1.29 is 19.2 Å². The topological polar surface area (TPSA) is 78.0 Å².